The van der Waals surface area contributed by atoms with Gasteiger partial charge in [-0.1, -0.05) is 0 Å². The van der Waals surface area contributed by atoms with Crippen molar-refractivity contribution < 1.29 is 9.90 Å². The first-order chi connectivity index (χ1) is 6.83. The second-order valence-electron chi connectivity index (χ2n) is 3.50. The second kappa shape index (κ2) is 6.62. The number of piperidine rings is 1. The molecule has 1 heterocycles. The van der Waals surface area contributed by atoms with Crippen LogP contribution in [0.1, 0.15) is 19.3 Å². The molecule has 1 rings (SSSR count). The van der Waals surface area contributed by atoms with Crippen molar-refractivity contribution in [2.24, 2.45) is 0 Å². The largest absolute Gasteiger partial charge is 0.396 e. The number of amides is 2. The van der Waals surface area contributed by atoms with Gasteiger partial charge in [0.25, 0.3) is 0 Å². The number of aliphatic hydroxyl groups excluding tert-OH is 1. The summed E-state index contributed by atoms with van der Waals surface area (Å²) in [6, 6.07) is 0.177. The Labute approximate surface area is 84.3 Å². The molecule has 0 aromatic rings. The topological polar surface area (TPSA) is 73.4 Å². The van der Waals surface area contributed by atoms with E-state index in [0.29, 0.717) is 19.0 Å². The molecule has 5 nitrogen and oxygen atoms in total. The predicted octanol–water partition coefficient (Wildman–Crippen LogP) is -0.580. The molecular weight excluding hydrogens is 182 g/mol. The van der Waals surface area contributed by atoms with E-state index in [9.17, 15) is 4.79 Å². The lowest BCUT2D eigenvalue weighted by atomic mass is 10.1. The normalized spacial score (nSPS) is 17.8. The van der Waals surface area contributed by atoms with E-state index in [2.05, 4.69) is 16.0 Å². The molecule has 0 aromatic carbocycles. The SMILES string of the molecule is O=C(NCCCO)NC1CCNCC1. The summed E-state index contributed by atoms with van der Waals surface area (Å²) >= 11 is 0. The Hall–Kier alpha value is -0.810. The predicted molar refractivity (Wildman–Crippen MR) is 54.1 cm³/mol. The summed E-state index contributed by atoms with van der Waals surface area (Å²) in [6.45, 7) is 2.60. The fourth-order valence-corrected chi connectivity index (χ4v) is 1.48. The standard InChI is InChI=1S/C9H19N3O2/c13-7-1-4-11-9(14)12-8-2-5-10-6-3-8/h8,10,13H,1-7H2,(H2,11,12,14). The molecule has 5 heteroatoms. The Morgan fingerprint density at radius 3 is 2.79 bits per heavy atom. The van der Waals surface area contributed by atoms with Gasteiger partial charge in [0.05, 0.1) is 0 Å². The lowest BCUT2D eigenvalue weighted by Crippen LogP contribution is -2.47. The average molecular weight is 201 g/mol. The molecule has 0 unspecified atom stereocenters. The van der Waals surface area contributed by atoms with Crippen molar-refractivity contribution in [2.75, 3.05) is 26.2 Å². The molecule has 1 aliphatic heterocycles. The Kier molecular flexibility index (Phi) is 5.32. The van der Waals surface area contributed by atoms with Crippen molar-refractivity contribution in [3.05, 3.63) is 0 Å². The second-order valence-corrected chi connectivity index (χ2v) is 3.50. The third-order valence-electron chi connectivity index (χ3n) is 2.29. The zero-order chi connectivity index (χ0) is 10.2. The first kappa shape index (κ1) is 11.3. The van der Waals surface area contributed by atoms with Crippen molar-refractivity contribution in [1.29, 1.82) is 0 Å². The molecule has 0 aliphatic carbocycles. The van der Waals surface area contributed by atoms with E-state index >= 15 is 0 Å². The summed E-state index contributed by atoms with van der Waals surface area (Å²) in [5.41, 5.74) is 0. The molecule has 0 radical (unpaired) electrons. The summed E-state index contributed by atoms with van der Waals surface area (Å²) in [7, 11) is 0. The highest BCUT2D eigenvalue weighted by molar-refractivity contribution is 5.74. The molecule has 1 aliphatic rings. The van der Waals surface area contributed by atoms with E-state index in [1.54, 1.807) is 0 Å². The smallest absolute Gasteiger partial charge is 0.315 e. The van der Waals surface area contributed by atoms with Crippen molar-refractivity contribution in [1.82, 2.24) is 16.0 Å². The highest BCUT2D eigenvalue weighted by Gasteiger charge is 2.14. The number of hydrogen-bond donors (Lipinski definition) is 4. The van der Waals surface area contributed by atoms with E-state index < -0.39 is 0 Å². The van der Waals surface area contributed by atoms with Crippen molar-refractivity contribution >= 4 is 6.03 Å². The number of urea groups is 1. The molecule has 1 saturated heterocycles. The molecule has 2 amide bonds. The van der Waals surface area contributed by atoms with Crippen molar-refractivity contribution in [2.45, 2.75) is 25.3 Å². The average Bonchev–Trinajstić information content (AvgIpc) is 2.20. The van der Waals surface area contributed by atoms with Crippen LogP contribution in [0.15, 0.2) is 0 Å². The third-order valence-corrected chi connectivity index (χ3v) is 2.29. The van der Waals surface area contributed by atoms with Crippen LogP contribution in [-0.4, -0.2) is 43.4 Å². The van der Waals surface area contributed by atoms with E-state index in [1.807, 2.05) is 0 Å². The quantitative estimate of drug-likeness (QED) is 0.460. The van der Waals surface area contributed by atoms with Crippen LogP contribution < -0.4 is 16.0 Å². The van der Waals surface area contributed by atoms with Gasteiger partial charge in [-0.3, -0.25) is 0 Å². The molecule has 0 bridgehead atoms. The molecule has 1 fully saturated rings. The lowest BCUT2D eigenvalue weighted by Gasteiger charge is -2.23. The fraction of sp³-hybridized carbons (Fsp3) is 0.889. The van der Waals surface area contributed by atoms with Gasteiger partial charge in [0.1, 0.15) is 0 Å². The highest BCUT2D eigenvalue weighted by Crippen LogP contribution is 2.00. The number of carbonyl (C=O) groups excluding carboxylic acids is 1. The molecular formula is C9H19N3O2. The van der Waals surface area contributed by atoms with Gasteiger partial charge >= 0.3 is 6.03 Å². The van der Waals surface area contributed by atoms with Gasteiger partial charge in [0.15, 0.2) is 0 Å². The number of rotatable bonds is 4. The number of carbonyl (C=O) groups is 1. The maximum atomic E-state index is 11.3. The molecule has 0 aromatic heterocycles. The fourth-order valence-electron chi connectivity index (χ4n) is 1.48. The van der Waals surface area contributed by atoms with E-state index in [4.69, 9.17) is 5.11 Å². The van der Waals surface area contributed by atoms with Crippen LogP contribution in [0.25, 0.3) is 0 Å². The number of nitrogens with one attached hydrogen (secondary N) is 3. The van der Waals surface area contributed by atoms with Gasteiger partial charge in [0.2, 0.25) is 0 Å². The van der Waals surface area contributed by atoms with E-state index in [0.717, 1.165) is 25.9 Å². The summed E-state index contributed by atoms with van der Waals surface area (Å²) < 4.78 is 0. The zero-order valence-electron chi connectivity index (χ0n) is 8.38. The number of hydrogen-bond acceptors (Lipinski definition) is 3. The highest BCUT2D eigenvalue weighted by atomic mass is 16.3. The van der Waals surface area contributed by atoms with Gasteiger partial charge < -0.3 is 21.1 Å². The van der Waals surface area contributed by atoms with Gasteiger partial charge in [-0.25, -0.2) is 4.79 Å². The molecule has 0 spiro atoms. The molecule has 0 saturated carbocycles. The van der Waals surface area contributed by atoms with Crippen LogP contribution >= 0.6 is 0 Å². The summed E-state index contributed by atoms with van der Waals surface area (Å²) in [4.78, 5) is 11.3. The van der Waals surface area contributed by atoms with Crippen LogP contribution in [0, 0.1) is 0 Å². The Bertz CT molecular complexity index is 169. The minimum absolute atomic E-state index is 0.119. The van der Waals surface area contributed by atoms with Gasteiger partial charge in [-0.2, -0.15) is 0 Å². The first-order valence-electron chi connectivity index (χ1n) is 5.19. The zero-order valence-corrected chi connectivity index (χ0v) is 8.38. The van der Waals surface area contributed by atoms with Crippen LogP contribution in [0.3, 0.4) is 0 Å². The van der Waals surface area contributed by atoms with Gasteiger partial charge in [-0.15, -0.1) is 0 Å². The maximum absolute atomic E-state index is 11.3. The Balaban J connectivity index is 2.06. The molecule has 82 valence electrons. The summed E-state index contributed by atoms with van der Waals surface area (Å²) in [5.74, 6) is 0. The Morgan fingerprint density at radius 1 is 1.43 bits per heavy atom. The summed E-state index contributed by atoms with van der Waals surface area (Å²) in [5, 5.41) is 17.4. The lowest BCUT2D eigenvalue weighted by molar-refractivity contribution is 0.231. The molecule has 4 N–H and O–H groups in total. The maximum Gasteiger partial charge on any atom is 0.315 e. The minimum atomic E-state index is -0.120. The van der Waals surface area contributed by atoms with E-state index in [1.165, 1.54) is 0 Å². The van der Waals surface area contributed by atoms with Crippen molar-refractivity contribution in [3.63, 3.8) is 0 Å². The minimum Gasteiger partial charge on any atom is -0.396 e. The monoisotopic (exact) mass is 201 g/mol. The molecule has 14 heavy (non-hydrogen) atoms. The van der Waals surface area contributed by atoms with E-state index in [-0.39, 0.29) is 12.6 Å². The Morgan fingerprint density at radius 2 is 2.14 bits per heavy atom. The van der Waals surface area contributed by atoms with Crippen molar-refractivity contribution in [3.8, 4) is 0 Å². The first-order valence-corrected chi connectivity index (χ1v) is 5.19. The third kappa shape index (κ3) is 4.43. The van der Waals surface area contributed by atoms with Gasteiger partial charge in [0, 0.05) is 19.2 Å². The van der Waals surface area contributed by atoms with Crippen LogP contribution in [-0.2, 0) is 0 Å². The summed E-state index contributed by atoms with van der Waals surface area (Å²) in [6.07, 6.45) is 2.60. The van der Waals surface area contributed by atoms with Crippen LogP contribution in [0.4, 0.5) is 4.79 Å². The molecule has 0 atom stereocenters. The number of aliphatic hydroxyl groups is 1. The van der Waals surface area contributed by atoms with Crippen LogP contribution in [0.2, 0.25) is 0 Å². The van der Waals surface area contributed by atoms with Crippen LogP contribution in [0.5, 0.6) is 0 Å². The van der Waals surface area contributed by atoms with Gasteiger partial charge in [-0.05, 0) is 32.4 Å².